The Morgan fingerprint density at radius 1 is 0.787 bits per heavy atom. The van der Waals surface area contributed by atoms with Crippen LogP contribution in [-0.2, 0) is 5.41 Å². The van der Waals surface area contributed by atoms with E-state index in [-0.39, 0.29) is 22.3 Å². The predicted octanol–water partition coefficient (Wildman–Crippen LogP) is 13.1. The van der Waals surface area contributed by atoms with Gasteiger partial charge in [0.1, 0.15) is 5.75 Å². The number of nitro benzene ring substituents is 1. The van der Waals surface area contributed by atoms with Crippen LogP contribution in [0.1, 0.15) is 160 Å². The van der Waals surface area contributed by atoms with Crippen LogP contribution in [0.25, 0.3) is 6.08 Å². The normalized spacial score (nSPS) is 14.7. The second-order valence-corrected chi connectivity index (χ2v) is 13.8. The van der Waals surface area contributed by atoms with Gasteiger partial charge in [-0.05, 0) is 30.4 Å². The highest BCUT2D eigenvalue weighted by Gasteiger charge is 2.46. The van der Waals surface area contributed by atoms with Crippen LogP contribution >= 0.6 is 12.6 Å². The average molecular weight is 667 g/mol. The number of hydrogen-bond donors (Lipinski definition) is 1. The molecule has 5 nitrogen and oxygen atoms in total. The van der Waals surface area contributed by atoms with E-state index >= 15 is 0 Å². The fourth-order valence-corrected chi connectivity index (χ4v) is 6.94. The molecule has 0 saturated carbocycles. The zero-order valence-corrected chi connectivity index (χ0v) is 31.2. The zero-order chi connectivity index (χ0) is 34.3. The van der Waals surface area contributed by atoms with E-state index in [1.165, 1.54) is 139 Å². The molecule has 264 valence electrons. The third-order valence-electron chi connectivity index (χ3n) is 9.72. The molecule has 0 fully saturated rings. The van der Waals surface area contributed by atoms with Crippen molar-refractivity contribution in [3.63, 3.8) is 0 Å². The second-order valence-electron chi connectivity index (χ2n) is 13.8. The molecule has 0 radical (unpaired) electrons. The van der Waals surface area contributed by atoms with Crippen LogP contribution in [0.2, 0.25) is 0 Å². The van der Waals surface area contributed by atoms with Gasteiger partial charge in [0, 0.05) is 35.3 Å². The summed E-state index contributed by atoms with van der Waals surface area (Å²) in [7, 11) is 0. The fraction of sp³-hybridized carbons (Fsp3) is 0.659. The third-order valence-corrected chi connectivity index (χ3v) is 9.72. The first kappa shape index (κ1) is 40.7. The van der Waals surface area contributed by atoms with E-state index in [0.717, 1.165) is 13.0 Å². The van der Waals surface area contributed by atoms with Crippen LogP contribution in [0.4, 0.5) is 11.4 Å². The standard InChI is InChI=1S/C40H62N2O3.CH4S/c1-5-7-8-9-10-11-12-13-14-15-16-17-18-19-20-21-22-23-24-27-32-41-37-29-26-25-28-36(37)40(3,4)39(41)45-38-31-30-35(42(43)44)33-34(38)6-2;1-2/h6,25-26,28-31,33,39H,2,5,7-24,27,32H2,1,3-4H3;2H,1H3. The molecule has 1 aliphatic rings. The molecule has 1 aliphatic heterocycles. The van der Waals surface area contributed by atoms with Gasteiger partial charge >= 0.3 is 0 Å². The largest absolute Gasteiger partial charge is 0.469 e. The van der Waals surface area contributed by atoms with Gasteiger partial charge in [0.15, 0.2) is 6.23 Å². The van der Waals surface area contributed by atoms with Crippen molar-refractivity contribution < 1.29 is 9.66 Å². The molecule has 0 aliphatic carbocycles. The molecule has 47 heavy (non-hydrogen) atoms. The lowest BCUT2D eigenvalue weighted by atomic mass is 9.85. The van der Waals surface area contributed by atoms with E-state index in [9.17, 15) is 10.1 Å². The number of nitro groups is 1. The highest BCUT2D eigenvalue weighted by Crippen LogP contribution is 2.46. The summed E-state index contributed by atoms with van der Waals surface area (Å²) in [5.41, 5.74) is 2.98. The topological polar surface area (TPSA) is 55.6 Å². The van der Waals surface area contributed by atoms with Gasteiger partial charge in [0.25, 0.3) is 5.69 Å². The molecule has 0 saturated heterocycles. The first-order chi connectivity index (χ1) is 22.9. The van der Waals surface area contributed by atoms with E-state index in [0.29, 0.717) is 11.3 Å². The molecule has 3 rings (SSSR count). The van der Waals surface area contributed by atoms with Crippen molar-refractivity contribution in [2.75, 3.05) is 17.7 Å². The Bertz CT molecular complexity index is 1150. The number of benzene rings is 2. The Balaban J connectivity index is 0.00000376. The van der Waals surface area contributed by atoms with Crippen molar-refractivity contribution >= 4 is 30.1 Å². The van der Waals surface area contributed by atoms with Crippen LogP contribution in [0, 0.1) is 10.1 Å². The molecule has 0 bridgehead atoms. The number of para-hydroxylation sites is 1. The van der Waals surface area contributed by atoms with Gasteiger partial charge in [0.05, 0.1) is 4.92 Å². The zero-order valence-electron chi connectivity index (χ0n) is 30.3. The molecule has 0 amide bonds. The van der Waals surface area contributed by atoms with Gasteiger partial charge in [-0.3, -0.25) is 10.1 Å². The summed E-state index contributed by atoms with van der Waals surface area (Å²) >= 11 is 3.53. The van der Waals surface area contributed by atoms with Gasteiger partial charge in [-0.15, -0.1) is 0 Å². The molecule has 0 spiro atoms. The Hall–Kier alpha value is -2.47. The summed E-state index contributed by atoms with van der Waals surface area (Å²) < 4.78 is 6.67. The number of anilines is 1. The quantitative estimate of drug-likeness (QED) is 0.0496. The molecular formula is C41H66N2O3S. The van der Waals surface area contributed by atoms with Crippen molar-refractivity contribution in [3.8, 4) is 5.75 Å². The highest BCUT2D eigenvalue weighted by molar-refractivity contribution is 7.79. The van der Waals surface area contributed by atoms with E-state index in [2.05, 4.69) is 69.1 Å². The Morgan fingerprint density at radius 2 is 1.26 bits per heavy atom. The first-order valence-electron chi connectivity index (χ1n) is 18.8. The number of unbranched alkanes of at least 4 members (excludes halogenated alkanes) is 19. The lowest BCUT2D eigenvalue weighted by Crippen LogP contribution is -2.46. The van der Waals surface area contributed by atoms with Crippen molar-refractivity contribution in [2.24, 2.45) is 0 Å². The maximum absolute atomic E-state index is 11.3. The summed E-state index contributed by atoms with van der Waals surface area (Å²) in [6.07, 6.45) is 30.8. The minimum Gasteiger partial charge on any atom is -0.469 e. The number of ether oxygens (including phenoxy) is 1. The van der Waals surface area contributed by atoms with Crippen LogP contribution in [-0.4, -0.2) is 24.0 Å². The third kappa shape index (κ3) is 13.9. The fourth-order valence-electron chi connectivity index (χ4n) is 6.94. The summed E-state index contributed by atoms with van der Waals surface area (Å²) in [4.78, 5) is 13.3. The van der Waals surface area contributed by atoms with Gasteiger partial charge in [-0.1, -0.05) is 174 Å². The monoisotopic (exact) mass is 666 g/mol. The summed E-state index contributed by atoms with van der Waals surface area (Å²) in [6, 6.07) is 13.4. The van der Waals surface area contributed by atoms with Crippen LogP contribution < -0.4 is 9.64 Å². The van der Waals surface area contributed by atoms with Gasteiger partial charge in [-0.2, -0.15) is 12.6 Å². The van der Waals surface area contributed by atoms with Crippen LogP contribution in [0.5, 0.6) is 5.75 Å². The van der Waals surface area contributed by atoms with Crippen molar-refractivity contribution in [3.05, 3.63) is 70.3 Å². The highest BCUT2D eigenvalue weighted by atomic mass is 32.1. The number of rotatable bonds is 25. The molecular weight excluding hydrogens is 601 g/mol. The molecule has 0 N–H and O–H groups in total. The maximum atomic E-state index is 11.3. The molecule has 1 unspecified atom stereocenters. The van der Waals surface area contributed by atoms with E-state index in [4.69, 9.17) is 4.74 Å². The number of thiol groups is 1. The minimum absolute atomic E-state index is 0.0485. The van der Waals surface area contributed by atoms with Gasteiger partial charge < -0.3 is 9.64 Å². The molecule has 2 aromatic rings. The minimum atomic E-state index is -0.377. The summed E-state index contributed by atoms with van der Waals surface area (Å²) in [6.45, 7) is 11.6. The Morgan fingerprint density at radius 3 is 1.72 bits per heavy atom. The van der Waals surface area contributed by atoms with E-state index in [1.54, 1.807) is 24.5 Å². The van der Waals surface area contributed by atoms with Crippen molar-refractivity contribution in [1.82, 2.24) is 0 Å². The van der Waals surface area contributed by atoms with Crippen LogP contribution in [0.3, 0.4) is 0 Å². The number of nitrogens with zero attached hydrogens (tertiary/aromatic N) is 2. The van der Waals surface area contributed by atoms with Gasteiger partial charge in [-0.25, -0.2) is 0 Å². The predicted molar refractivity (Wildman–Crippen MR) is 207 cm³/mol. The smallest absolute Gasteiger partial charge is 0.270 e. The summed E-state index contributed by atoms with van der Waals surface area (Å²) in [5.74, 6) is 0.634. The number of hydrogen-bond acceptors (Lipinski definition) is 5. The SMILES string of the molecule is C=Cc1cc([N+](=O)[O-])ccc1OC1N(CCCCCCCCCCCCCCCCCCCCCC)c2ccccc2C1(C)C.CS. The molecule has 6 heteroatoms. The molecule has 2 aromatic carbocycles. The lowest BCUT2D eigenvalue weighted by molar-refractivity contribution is -0.384. The maximum Gasteiger partial charge on any atom is 0.270 e. The first-order valence-corrected chi connectivity index (χ1v) is 19.7. The summed E-state index contributed by atoms with van der Waals surface area (Å²) in [5, 5.41) is 11.3. The van der Waals surface area contributed by atoms with E-state index < -0.39 is 0 Å². The molecule has 0 aromatic heterocycles. The average Bonchev–Trinajstić information content (AvgIpc) is 3.29. The lowest BCUT2D eigenvalue weighted by Gasteiger charge is -2.35. The number of fused-ring (bicyclic) bond motifs is 1. The Labute approximate surface area is 293 Å². The van der Waals surface area contributed by atoms with Crippen LogP contribution in [0.15, 0.2) is 49.0 Å². The molecule has 1 heterocycles. The second kappa shape index (κ2) is 23.8. The van der Waals surface area contributed by atoms with Crippen molar-refractivity contribution in [1.29, 1.82) is 0 Å². The molecule has 1 atom stereocenters. The Kier molecular flexibility index (Phi) is 20.6. The van der Waals surface area contributed by atoms with Gasteiger partial charge in [0.2, 0.25) is 0 Å². The van der Waals surface area contributed by atoms with E-state index in [1.807, 2.05) is 0 Å². The van der Waals surface area contributed by atoms with Crippen molar-refractivity contribution in [2.45, 2.75) is 161 Å². The number of non-ortho nitro benzene ring substituents is 1.